The Morgan fingerprint density at radius 1 is 1.46 bits per heavy atom. The second kappa shape index (κ2) is 5.90. The van der Waals surface area contributed by atoms with Crippen molar-refractivity contribution in [2.24, 2.45) is 0 Å². The molecule has 0 aromatic carbocycles. The van der Waals surface area contributed by atoms with Crippen molar-refractivity contribution >= 4 is 16.2 Å². The van der Waals surface area contributed by atoms with E-state index in [4.69, 9.17) is 0 Å². The average Bonchev–Trinajstić information content (AvgIpc) is 2.05. The fraction of sp³-hybridized carbons (Fsp3) is 0.833. The number of esters is 1. The first-order valence-electron chi connectivity index (χ1n) is 3.85. The standard InChI is InChI=1S/C6H14N2O4S/c1-3-12-6(9)4-5-8-13(10,11)7-2/h7-8H,3-5H2,1-2H3. The Morgan fingerprint density at radius 2 is 2.08 bits per heavy atom. The predicted molar refractivity (Wildman–Crippen MR) is 47.2 cm³/mol. The van der Waals surface area contributed by atoms with Crippen LogP contribution in [-0.2, 0) is 19.7 Å². The lowest BCUT2D eigenvalue weighted by atomic mass is 10.4. The van der Waals surface area contributed by atoms with E-state index in [2.05, 4.69) is 14.2 Å². The Morgan fingerprint density at radius 3 is 2.54 bits per heavy atom. The molecule has 2 N–H and O–H groups in total. The highest BCUT2D eigenvalue weighted by Gasteiger charge is 2.07. The first-order valence-corrected chi connectivity index (χ1v) is 5.34. The van der Waals surface area contributed by atoms with Crippen LogP contribution in [0.1, 0.15) is 13.3 Å². The molecule has 0 aliphatic carbocycles. The number of hydrogen-bond donors (Lipinski definition) is 2. The number of ether oxygens (including phenoxy) is 1. The van der Waals surface area contributed by atoms with E-state index in [1.807, 2.05) is 0 Å². The molecule has 0 bridgehead atoms. The van der Waals surface area contributed by atoms with Crippen LogP contribution in [0, 0.1) is 0 Å². The molecule has 0 aliphatic rings. The highest BCUT2D eigenvalue weighted by atomic mass is 32.2. The second-order valence-electron chi connectivity index (χ2n) is 2.16. The minimum Gasteiger partial charge on any atom is -0.466 e. The molecule has 0 rings (SSSR count). The summed E-state index contributed by atoms with van der Waals surface area (Å²) in [5, 5.41) is 0. The molecule has 7 heteroatoms. The van der Waals surface area contributed by atoms with Crippen molar-refractivity contribution in [2.75, 3.05) is 20.2 Å². The minimum absolute atomic E-state index is 0.0365. The van der Waals surface area contributed by atoms with Crippen LogP contribution in [0.5, 0.6) is 0 Å². The van der Waals surface area contributed by atoms with E-state index in [-0.39, 0.29) is 13.0 Å². The molecule has 0 radical (unpaired) electrons. The van der Waals surface area contributed by atoms with Crippen LogP contribution in [0.3, 0.4) is 0 Å². The van der Waals surface area contributed by atoms with Crippen LogP contribution in [0.2, 0.25) is 0 Å². The molecule has 0 unspecified atom stereocenters. The van der Waals surface area contributed by atoms with Crippen molar-refractivity contribution in [1.29, 1.82) is 0 Å². The lowest BCUT2D eigenvalue weighted by Crippen LogP contribution is -2.35. The normalized spacial score (nSPS) is 11.2. The fourth-order valence-corrected chi connectivity index (χ4v) is 1.11. The maximum atomic E-state index is 10.8. The Bertz CT molecular complexity index is 249. The molecule has 0 spiro atoms. The maximum Gasteiger partial charge on any atom is 0.307 e. The molecule has 78 valence electrons. The summed E-state index contributed by atoms with van der Waals surface area (Å²) in [4.78, 5) is 10.7. The SMILES string of the molecule is CCOC(=O)CCNS(=O)(=O)NC. The van der Waals surface area contributed by atoms with Gasteiger partial charge < -0.3 is 4.74 Å². The summed E-state index contributed by atoms with van der Waals surface area (Å²) in [5.74, 6) is -0.415. The second-order valence-corrected chi connectivity index (χ2v) is 3.86. The van der Waals surface area contributed by atoms with Gasteiger partial charge in [-0.1, -0.05) is 0 Å². The summed E-state index contributed by atoms with van der Waals surface area (Å²) in [6, 6.07) is 0. The van der Waals surface area contributed by atoms with Crippen molar-refractivity contribution in [3.63, 3.8) is 0 Å². The zero-order valence-corrected chi connectivity index (χ0v) is 8.48. The smallest absolute Gasteiger partial charge is 0.307 e. The predicted octanol–water partition coefficient (Wildman–Crippen LogP) is -1.01. The molecule has 0 heterocycles. The fourth-order valence-electron chi connectivity index (χ4n) is 0.593. The maximum absolute atomic E-state index is 10.8. The molecule has 0 aromatic rings. The van der Waals surface area contributed by atoms with Crippen LogP contribution >= 0.6 is 0 Å². The van der Waals surface area contributed by atoms with Gasteiger partial charge in [-0.3, -0.25) is 4.79 Å². The third-order valence-corrected chi connectivity index (χ3v) is 2.32. The van der Waals surface area contributed by atoms with Crippen LogP contribution in [0.15, 0.2) is 0 Å². The molecule has 0 aliphatic heterocycles. The van der Waals surface area contributed by atoms with Crippen LogP contribution in [0.4, 0.5) is 0 Å². The van der Waals surface area contributed by atoms with E-state index in [0.717, 1.165) is 0 Å². The lowest BCUT2D eigenvalue weighted by Gasteiger charge is -2.04. The number of carbonyl (C=O) groups excluding carboxylic acids is 1. The van der Waals surface area contributed by atoms with Crippen LogP contribution in [0.25, 0.3) is 0 Å². The summed E-state index contributed by atoms with van der Waals surface area (Å²) < 4.78 is 30.3. The number of hydrogen-bond acceptors (Lipinski definition) is 4. The summed E-state index contributed by atoms with van der Waals surface area (Å²) in [7, 11) is -2.15. The van der Waals surface area contributed by atoms with Gasteiger partial charge in [-0.05, 0) is 6.92 Å². The average molecular weight is 210 g/mol. The topological polar surface area (TPSA) is 84.5 Å². The van der Waals surface area contributed by atoms with Gasteiger partial charge in [0.05, 0.1) is 13.0 Å². The van der Waals surface area contributed by atoms with Crippen LogP contribution < -0.4 is 9.44 Å². The van der Waals surface area contributed by atoms with Crippen LogP contribution in [-0.4, -0.2) is 34.6 Å². The molecule has 0 amide bonds. The third kappa shape index (κ3) is 6.50. The van der Waals surface area contributed by atoms with Crippen molar-refractivity contribution in [2.45, 2.75) is 13.3 Å². The summed E-state index contributed by atoms with van der Waals surface area (Å²) in [6.45, 7) is 2.04. The Hall–Kier alpha value is -0.660. The quantitative estimate of drug-likeness (QED) is 0.550. The van der Waals surface area contributed by atoms with E-state index in [0.29, 0.717) is 6.61 Å². The molecule has 0 saturated heterocycles. The monoisotopic (exact) mass is 210 g/mol. The van der Waals surface area contributed by atoms with Crippen molar-refractivity contribution in [3.8, 4) is 0 Å². The molecular weight excluding hydrogens is 196 g/mol. The lowest BCUT2D eigenvalue weighted by molar-refractivity contribution is -0.142. The zero-order valence-electron chi connectivity index (χ0n) is 7.66. The Labute approximate surface area is 77.8 Å². The first-order chi connectivity index (χ1) is 6.02. The van der Waals surface area contributed by atoms with Crippen molar-refractivity contribution in [1.82, 2.24) is 9.44 Å². The third-order valence-electron chi connectivity index (χ3n) is 1.20. The van der Waals surface area contributed by atoms with Gasteiger partial charge >= 0.3 is 5.97 Å². The molecule has 0 atom stereocenters. The van der Waals surface area contributed by atoms with Gasteiger partial charge in [0.1, 0.15) is 0 Å². The van der Waals surface area contributed by atoms with Crippen molar-refractivity contribution in [3.05, 3.63) is 0 Å². The van der Waals surface area contributed by atoms with E-state index < -0.39 is 16.2 Å². The van der Waals surface area contributed by atoms with E-state index in [9.17, 15) is 13.2 Å². The zero-order chi connectivity index (χ0) is 10.3. The molecule has 6 nitrogen and oxygen atoms in total. The molecule has 0 aromatic heterocycles. The molecule has 13 heavy (non-hydrogen) atoms. The largest absolute Gasteiger partial charge is 0.466 e. The minimum atomic E-state index is -3.44. The Balaban J connectivity index is 3.62. The van der Waals surface area contributed by atoms with Gasteiger partial charge in [-0.25, -0.2) is 9.44 Å². The van der Waals surface area contributed by atoms with Gasteiger partial charge in [0.2, 0.25) is 0 Å². The van der Waals surface area contributed by atoms with E-state index in [1.165, 1.54) is 7.05 Å². The van der Waals surface area contributed by atoms with Gasteiger partial charge in [0, 0.05) is 13.6 Å². The molecular formula is C6H14N2O4S. The first kappa shape index (κ1) is 12.3. The van der Waals surface area contributed by atoms with E-state index in [1.54, 1.807) is 6.92 Å². The summed E-state index contributed by atoms with van der Waals surface area (Å²) in [5.41, 5.74) is 0. The summed E-state index contributed by atoms with van der Waals surface area (Å²) >= 11 is 0. The summed E-state index contributed by atoms with van der Waals surface area (Å²) in [6.07, 6.45) is 0.0365. The Kier molecular flexibility index (Phi) is 5.60. The van der Waals surface area contributed by atoms with Crippen molar-refractivity contribution < 1.29 is 17.9 Å². The number of nitrogens with one attached hydrogen (secondary N) is 2. The van der Waals surface area contributed by atoms with Gasteiger partial charge in [0.25, 0.3) is 10.2 Å². The van der Waals surface area contributed by atoms with Gasteiger partial charge in [-0.15, -0.1) is 0 Å². The number of carbonyl (C=O) groups is 1. The van der Waals surface area contributed by atoms with Gasteiger partial charge in [-0.2, -0.15) is 8.42 Å². The number of rotatable bonds is 6. The highest BCUT2D eigenvalue weighted by molar-refractivity contribution is 7.87. The molecule has 0 saturated carbocycles. The van der Waals surface area contributed by atoms with Gasteiger partial charge in [0.15, 0.2) is 0 Å². The van der Waals surface area contributed by atoms with E-state index >= 15 is 0 Å². The highest BCUT2D eigenvalue weighted by Crippen LogP contribution is 1.85. The molecule has 0 fully saturated rings.